The molecule has 36 heavy (non-hydrogen) atoms. The quantitative estimate of drug-likeness (QED) is 0.423. The van der Waals surface area contributed by atoms with E-state index in [4.69, 9.17) is 9.72 Å². The zero-order valence-electron chi connectivity index (χ0n) is 20.7. The van der Waals surface area contributed by atoms with Gasteiger partial charge < -0.3 is 19.5 Å². The third-order valence-electron chi connectivity index (χ3n) is 8.72. The van der Waals surface area contributed by atoms with Crippen LogP contribution < -0.4 is 5.56 Å². The van der Waals surface area contributed by atoms with Crippen LogP contribution in [-0.2, 0) is 40.1 Å². The Kier molecular flexibility index (Phi) is 4.98. The molecule has 2 aliphatic heterocycles. The molecule has 2 aromatic heterocycles. The summed E-state index contributed by atoms with van der Waals surface area (Å²) in [5.41, 5.74) is 3.27. The molecule has 4 heterocycles. The number of aliphatic hydroxyl groups is 2. The van der Waals surface area contributed by atoms with Crippen LogP contribution in [0.25, 0.3) is 22.3 Å². The van der Waals surface area contributed by atoms with E-state index in [1.807, 2.05) is 0 Å². The molecule has 0 radical (unpaired) electrons. The van der Waals surface area contributed by atoms with Gasteiger partial charge in [-0.25, -0.2) is 14.2 Å². The number of aliphatic hydroxyl groups excluding tert-OH is 1. The van der Waals surface area contributed by atoms with Crippen molar-refractivity contribution in [3.05, 3.63) is 61.7 Å². The molecule has 3 aliphatic rings. The number of hydrogen-bond acceptors (Lipinski definition) is 6. The molecule has 188 valence electrons. The lowest BCUT2D eigenvalue weighted by Crippen LogP contribution is -2.44. The summed E-state index contributed by atoms with van der Waals surface area (Å²) in [5, 5.41) is 21.7. The van der Waals surface area contributed by atoms with Crippen LogP contribution in [0.5, 0.6) is 0 Å². The fourth-order valence-electron chi connectivity index (χ4n) is 6.61. The summed E-state index contributed by atoms with van der Waals surface area (Å²) in [6.07, 6.45) is 2.98. The normalized spacial score (nSPS) is 23.9. The predicted molar refractivity (Wildman–Crippen MR) is 131 cm³/mol. The number of pyridine rings is 2. The summed E-state index contributed by atoms with van der Waals surface area (Å²) < 4.78 is 21.8. The number of fused-ring (bicyclic) bond motifs is 5. The second kappa shape index (κ2) is 7.70. The van der Waals surface area contributed by atoms with Crippen LogP contribution in [0.1, 0.15) is 72.9 Å². The molecule has 3 aromatic rings. The Morgan fingerprint density at radius 1 is 1.22 bits per heavy atom. The van der Waals surface area contributed by atoms with Gasteiger partial charge in [-0.05, 0) is 67.2 Å². The minimum Gasteiger partial charge on any atom is -0.458 e. The number of benzene rings is 1. The monoisotopic (exact) mass is 492 g/mol. The van der Waals surface area contributed by atoms with Gasteiger partial charge >= 0.3 is 5.97 Å². The first-order valence-corrected chi connectivity index (χ1v) is 12.6. The Balaban J connectivity index is 1.69. The predicted octanol–water partition coefficient (Wildman–Crippen LogP) is 3.50. The third kappa shape index (κ3) is 2.88. The van der Waals surface area contributed by atoms with Gasteiger partial charge in [-0.15, -0.1) is 0 Å². The van der Waals surface area contributed by atoms with Gasteiger partial charge in [-0.3, -0.25) is 4.79 Å². The highest BCUT2D eigenvalue weighted by molar-refractivity contribution is 5.93. The number of aryl methyl sites for hydroxylation is 1. The minimum absolute atomic E-state index is 0.0675. The molecule has 2 N–H and O–H groups in total. The first kappa shape index (κ1) is 23.3. The molecule has 0 saturated carbocycles. The van der Waals surface area contributed by atoms with Gasteiger partial charge in [0.1, 0.15) is 12.4 Å². The Morgan fingerprint density at radius 3 is 2.72 bits per heavy atom. The van der Waals surface area contributed by atoms with Gasteiger partial charge in [0.2, 0.25) is 0 Å². The number of hydrogen-bond donors (Lipinski definition) is 2. The van der Waals surface area contributed by atoms with Crippen molar-refractivity contribution in [1.82, 2.24) is 9.55 Å². The summed E-state index contributed by atoms with van der Waals surface area (Å²) >= 11 is 0. The van der Waals surface area contributed by atoms with E-state index >= 15 is 0 Å². The van der Waals surface area contributed by atoms with E-state index in [9.17, 15) is 24.2 Å². The van der Waals surface area contributed by atoms with Crippen LogP contribution in [0.15, 0.2) is 16.9 Å². The van der Waals surface area contributed by atoms with Crippen LogP contribution in [0, 0.1) is 12.7 Å². The standard InChI is InChI=1S/C28H29FN2O5/c1-4-28(35)18-10-21-24-16(12-31(21)25(33)17(18)13-36-26(28)34)23-22-15(6-8-27(23,3)7-5-9-32)14(2)19(29)11-20(22)30-24/h10-11,32,35H,4-9,12-13H2,1-3H3/t27?,28-/m0/s1. The number of halogens is 1. The first-order valence-electron chi connectivity index (χ1n) is 12.6. The smallest absolute Gasteiger partial charge is 0.343 e. The zero-order valence-corrected chi connectivity index (χ0v) is 20.7. The summed E-state index contributed by atoms with van der Waals surface area (Å²) in [7, 11) is 0. The fraction of sp³-hybridized carbons (Fsp3) is 0.464. The van der Waals surface area contributed by atoms with E-state index in [2.05, 4.69) is 6.92 Å². The summed E-state index contributed by atoms with van der Waals surface area (Å²) in [6.45, 7) is 5.85. The zero-order chi connectivity index (χ0) is 25.6. The first-order chi connectivity index (χ1) is 17.1. The van der Waals surface area contributed by atoms with Crippen LogP contribution in [-0.4, -0.2) is 32.3 Å². The largest absolute Gasteiger partial charge is 0.458 e. The second-order valence-electron chi connectivity index (χ2n) is 10.7. The summed E-state index contributed by atoms with van der Waals surface area (Å²) in [5.74, 6) is -1.07. The summed E-state index contributed by atoms with van der Waals surface area (Å²) in [4.78, 5) is 31.0. The molecule has 0 fully saturated rings. The van der Waals surface area contributed by atoms with Gasteiger partial charge in [-0.2, -0.15) is 0 Å². The minimum atomic E-state index is -1.90. The molecule has 0 bridgehead atoms. The lowest BCUT2D eigenvalue weighted by Gasteiger charge is -2.38. The Bertz CT molecular complexity index is 1540. The van der Waals surface area contributed by atoms with E-state index in [1.165, 1.54) is 6.07 Å². The number of cyclic esters (lactones) is 1. The number of carbonyl (C=O) groups is 1. The van der Waals surface area contributed by atoms with Crippen molar-refractivity contribution >= 4 is 16.9 Å². The number of ether oxygens (including phenoxy) is 1. The number of aromatic nitrogens is 2. The number of nitrogens with zero attached hydrogens (tertiary/aromatic N) is 2. The topological polar surface area (TPSA) is 102 Å². The third-order valence-corrected chi connectivity index (χ3v) is 8.72. The van der Waals surface area contributed by atoms with Crippen molar-refractivity contribution < 1.29 is 24.1 Å². The fourth-order valence-corrected chi connectivity index (χ4v) is 6.61. The van der Waals surface area contributed by atoms with E-state index in [-0.39, 0.29) is 47.6 Å². The van der Waals surface area contributed by atoms with Gasteiger partial charge in [0.15, 0.2) is 5.60 Å². The molecule has 1 aromatic carbocycles. The average molecular weight is 493 g/mol. The molecule has 0 amide bonds. The maximum atomic E-state index is 15.0. The highest BCUT2D eigenvalue weighted by atomic mass is 19.1. The molecule has 0 saturated heterocycles. The van der Waals surface area contributed by atoms with E-state index in [0.717, 1.165) is 41.3 Å². The van der Waals surface area contributed by atoms with Crippen molar-refractivity contribution in [2.24, 2.45) is 0 Å². The molecular formula is C28H29FN2O5. The number of rotatable bonds is 4. The van der Waals surface area contributed by atoms with Crippen molar-refractivity contribution in [3.63, 3.8) is 0 Å². The van der Waals surface area contributed by atoms with E-state index < -0.39 is 11.6 Å². The number of carbonyl (C=O) groups excluding carboxylic acids is 1. The molecule has 6 rings (SSSR count). The Hall–Kier alpha value is -3.10. The molecule has 1 unspecified atom stereocenters. The van der Waals surface area contributed by atoms with Crippen LogP contribution in [0.3, 0.4) is 0 Å². The highest BCUT2D eigenvalue weighted by Gasteiger charge is 2.46. The van der Waals surface area contributed by atoms with Crippen molar-refractivity contribution in [2.75, 3.05) is 6.61 Å². The lowest BCUT2D eigenvalue weighted by atomic mass is 9.66. The van der Waals surface area contributed by atoms with Crippen molar-refractivity contribution in [1.29, 1.82) is 0 Å². The number of esters is 1. The Labute approximate surface area is 207 Å². The van der Waals surface area contributed by atoms with Crippen molar-refractivity contribution in [2.45, 2.75) is 77.0 Å². The van der Waals surface area contributed by atoms with Gasteiger partial charge in [0.05, 0.1) is 29.0 Å². The average Bonchev–Trinajstić information content (AvgIpc) is 3.23. The molecular weight excluding hydrogens is 463 g/mol. The van der Waals surface area contributed by atoms with E-state index in [1.54, 1.807) is 24.5 Å². The SMILES string of the molecule is CC[C@@]1(O)C(=O)OCc2c1cc1n(c2=O)Cc2c-1nc1cc(F)c(C)c3c1c2C(C)(CCCO)CC3. The van der Waals surface area contributed by atoms with Crippen LogP contribution >= 0.6 is 0 Å². The Morgan fingerprint density at radius 2 is 2.00 bits per heavy atom. The second-order valence-corrected chi connectivity index (χ2v) is 10.7. The lowest BCUT2D eigenvalue weighted by molar-refractivity contribution is -0.172. The molecule has 7 nitrogen and oxygen atoms in total. The molecule has 8 heteroatoms. The molecule has 2 atom stereocenters. The van der Waals surface area contributed by atoms with Crippen molar-refractivity contribution in [3.8, 4) is 11.4 Å². The maximum absolute atomic E-state index is 15.0. The van der Waals surface area contributed by atoms with Crippen LogP contribution in [0.2, 0.25) is 0 Å². The van der Waals surface area contributed by atoms with Gasteiger partial charge in [0, 0.05) is 29.2 Å². The van der Waals surface area contributed by atoms with Gasteiger partial charge in [0.25, 0.3) is 5.56 Å². The van der Waals surface area contributed by atoms with Gasteiger partial charge in [-0.1, -0.05) is 13.8 Å². The highest BCUT2D eigenvalue weighted by Crippen LogP contribution is 2.50. The van der Waals surface area contributed by atoms with Crippen LogP contribution in [0.4, 0.5) is 4.39 Å². The summed E-state index contributed by atoms with van der Waals surface area (Å²) in [6, 6.07) is 3.16. The molecule has 1 aliphatic carbocycles. The molecule has 0 spiro atoms. The van der Waals surface area contributed by atoms with E-state index in [0.29, 0.717) is 35.4 Å². The maximum Gasteiger partial charge on any atom is 0.343 e.